The first-order chi connectivity index (χ1) is 16.6. The monoisotopic (exact) mass is 458 g/mol. The predicted molar refractivity (Wildman–Crippen MR) is 125 cm³/mol. The third kappa shape index (κ3) is 5.85. The van der Waals surface area contributed by atoms with E-state index in [1.165, 1.54) is 4.90 Å². The van der Waals surface area contributed by atoms with Crippen LogP contribution < -0.4 is 10.6 Å². The number of rotatable bonds is 9. The Morgan fingerprint density at radius 1 is 0.912 bits per heavy atom. The smallest absolute Gasteiger partial charge is 0.253 e. The van der Waals surface area contributed by atoms with Crippen LogP contribution in [0.3, 0.4) is 0 Å². The van der Waals surface area contributed by atoms with Crippen molar-refractivity contribution in [2.45, 2.75) is 31.8 Å². The van der Waals surface area contributed by atoms with Crippen LogP contribution in [-0.2, 0) is 38.8 Å². The number of hydrogen-bond acceptors (Lipinski definition) is 5. The molecule has 174 valence electrons. The highest BCUT2D eigenvalue weighted by atomic mass is 16.5. The minimum atomic E-state index is -1.28. The van der Waals surface area contributed by atoms with Crippen molar-refractivity contribution < 1.29 is 19.1 Å². The molecule has 0 bridgehead atoms. The van der Waals surface area contributed by atoms with Gasteiger partial charge in [0.2, 0.25) is 5.91 Å². The molecule has 2 aromatic carbocycles. The quantitative estimate of drug-likeness (QED) is 0.477. The first-order valence-corrected chi connectivity index (χ1v) is 11.0. The van der Waals surface area contributed by atoms with E-state index in [4.69, 9.17) is 4.74 Å². The molecular weight excluding hydrogens is 432 g/mol. The van der Waals surface area contributed by atoms with E-state index in [-0.39, 0.29) is 25.6 Å². The third-order valence-corrected chi connectivity index (χ3v) is 5.51. The van der Waals surface area contributed by atoms with Gasteiger partial charge in [0.25, 0.3) is 11.8 Å². The minimum Gasteiger partial charge on any atom is -0.374 e. The highest BCUT2D eigenvalue weighted by Crippen LogP contribution is 2.16. The number of carbonyl (C=O) groups excluding carboxylic acids is 3. The number of nitrogens with one attached hydrogen (secondary N) is 2. The molecule has 3 aromatic rings. The van der Waals surface area contributed by atoms with Gasteiger partial charge in [-0.05, 0) is 28.8 Å². The van der Waals surface area contributed by atoms with Crippen LogP contribution in [0, 0.1) is 0 Å². The Kier molecular flexibility index (Phi) is 7.62. The number of amides is 3. The van der Waals surface area contributed by atoms with Crippen molar-refractivity contribution in [2.24, 2.45) is 0 Å². The van der Waals surface area contributed by atoms with Crippen LogP contribution >= 0.6 is 0 Å². The molecule has 1 aromatic heterocycles. The summed E-state index contributed by atoms with van der Waals surface area (Å²) in [5.41, 5.74) is 2.62. The second kappa shape index (κ2) is 11.2. The van der Waals surface area contributed by atoms with E-state index in [0.717, 1.165) is 16.7 Å². The van der Waals surface area contributed by atoms with Crippen LogP contribution in [0.2, 0.25) is 0 Å². The summed E-state index contributed by atoms with van der Waals surface area (Å²) in [7, 11) is 0. The molecule has 3 amide bonds. The Balaban J connectivity index is 1.46. The highest BCUT2D eigenvalue weighted by Gasteiger charge is 2.44. The molecule has 1 aliphatic rings. The molecule has 1 aliphatic heterocycles. The van der Waals surface area contributed by atoms with Crippen molar-refractivity contribution in [3.8, 4) is 0 Å². The SMILES string of the molecule is O=C(NCc1ccccc1)C1C(=O)N[C@@H](COCc2ccccc2)C(=O)N1Cc1ccncc1. The largest absolute Gasteiger partial charge is 0.374 e. The third-order valence-electron chi connectivity index (χ3n) is 5.51. The number of aromatic nitrogens is 1. The molecule has 0 spiro atoms. The van der Waals surface area contributed by atoms with Crippen LogP contribution in [0.5, 0.6) is 0 Å². The van der Waals surface area contributed by atoms with Gasteiger partial charge in [-0.3, -0.25) is 19.4 Å². The zero-order chi connectivity index (χ0) is 23.8. The lowest BCUT2D eigenvalue weighted by atomic mass is 10.0. The van der Waals surface area contributed by atoms with Crippen LogP contribution in [0.25, 0.3) is 0 Å². The Labute approximate surface area is 198 Å². The maximum absolute atomic E-state index is 13.3. The van der Waals surface area contributed by atoms with E-state index in [1.807, 2.05) is 60.7 Å². The predicted octanol–water partition coefficient (Wildman–Crippen LogP) is 1.81. The van der Waals surface area contributed by atoms with E-state index >= 15 is 0 Å². The maximum Gasteiger partial charge on any atom is 0.253 e. The standard InChI is InChI=1S/C26H26N4O4/c31-24(28-15-19-7-3-1-4-8-19)23-25(32)29-22(18-34-17-21-9-5-2-6-10-21)26(33)30(23)16-20-11-13-27-14-12-20/h1-14,22-23H,15-18H2,(H,28,31)(H,29,32)/t22-,23?/m0/s1. The van der Waals surface area contributed by atoms with Crippen LogP contribution in [-0.4, -0.2) is 46.3 Å². The molecule has 1 unspecified atom stereocenters. The molecule has 2 atom stereocenters. The summed E-state index contributed by atoms with van der Waals surface area (Å²) in [6.45, 7) is 0.675. The van der Waals surface area contributed by atoms with E-state index in [0.29, 0.717) is 6.61 Å². The Morgan fingerprint density at radius 2 is 1.56 bits per heavy atom. The summed E-state index contributed by atoms with van der Waals surface area (Å²) in [4.78, 5) is 44.7. The zero-order valence-electron chi connectivity index (χ0n) is 18.6. The summed E-state index contributed by atoms with van der Waals surface area (Å²) < 4.78 is 5.70. The fraction of sp³-hybridized carbons (Fsp3) is 0.231. The lowest BCUT2D eigenvalue weighted by Gasteiger charge is -2.38. The summed E-state index contributed by atoms with van der Waals surface area (Å²) in [6, 6.07) is 20.3. The second-order valence-corrected chi connectivity index (χ2v) is 7.99. The van der Waals surface area contributed by atoms with Gasteiger partial charge < -0.3 is 20.3 Å². The van der Waals surface area contributed by atoms with Gasteiger partial charge in [-0.1, -0.05) is 60.7 Å². The molecular formula is C26H26N4O4. The van der Waals surface area contributed by atoms with Gasteiger partial charge in [0, 0.05) is 25.5 Å². The lowest BCUT2D eigenvalue weighted by molar-refractivity contribution is -0.156. The molecule has 0 saturated carbocycles. The number of pyridine rings is 1. The highest BCUT2D eigenvalue weighted by molar-refractivity contribution is 6.10. The number of benzene rings is 2. The van der Waals surface area contributed by atoms with Crippen LogP contribution in [0.1, 0.15) is 16.7 Å². The average molecular weight is 459 g/mol. The van der Waals surface area contributed by atoms with Crippen molar-refractivity contribution in [2.75, 3.05) is 6.61 Å². The number of carbonyl (C=O) groups is 3. The number of nitrogens with zero attached hydrogens (tertiary/aromatic N) is 2. The van der Waals surface area contributed by atoms with Gasteiger partial charge in [0.15, 0.2) is 6.04 Å². The normalized spacial score (nSPS) is 17.8. The van der Waals surface area contributed by atoms with Gasteiger partial charge in [0.1, 0.15) is 6.04 Å². The first-order valence-electron chi connectivity index (χ1n) is 11.0. The van der Waals surface area contributed by atoms with E-state index in [1.54, 1.807) is 24.5 Å². The Morgan fingerprint density at radius 3 is 2.24 bits per heavy atom. The molecule has 2 N–H and O–H groups in total. The van der Waals surface area contributed by atoms with Gasteiger partial charge in [-0.15, -0.1) is 0 Å². The van der Waals surface area contributed by atoms with Crippen LogP contribution in [0.4, 0.5) is 0 Å². The lowest BCUT2D eigenvalue weighted by Crippen LogP contribution is -2.67. The number of piperazine rings is 1. The van der Waals surface area contributed by atoms with Crippen molar-refractivity contribution in [3.05, 3.63) is 102 Å². The number of hydrogen-bond donors (Lipinski definition) is 2. The van der Waals surface area contributed by atoms with E-state index in [9.17, 15) is 14.4 Å². The van der Waals surface area contributed by atoms with Crippen molar-refractivity contribution >= 4 is 17.7 Å². The van der Waals surface area contributed by atoms with Crippen molar-refractivity contribution in [1.29, 1.82) is 0 Å². The van der Waals surface area contributed by atoms with Crippen molar-refractivity contribution in [1.82, 2.24) is 20.5 Å². The van der Waals surface area contributed by atoms with E-state index in [2.05, 4.69) is 15.6 Å². The Bertz CT molecular complexity index is 1110. The zero-order valence-corrected chi connectivity index (χ0v) is 18.6. The average Bonchev–Trinajstić information content (AvgIpc) is 2.87. The molecule has 8 heteroatoms. The van der Waals surface area contributed by atoms with Crippen LogP contribution in [0.15, 0.2) is 85.2 Å². The summed E-state index contributed by atoms with van der Waals surface area (Å²) in [5, 5.41) is 5.45. The van der Waals surface area contributed by atoms with Gasteiger partial charge in [-0.25, -0.2) is 0 Å². The fourth-order valence-electron chi connectivity index (χ4n) is 3.76. The topological polar surface area (TPSA) is 101 Å². The van der Waals surface area contributed by atoms with Gasteiger partial charge >= 0.3 is 0 Å². The van der Waals surface area contributed by atoms with Crippen molar-refractivity contribution in [3.63, 3.8) is 0 Å². The second-order valence-electron chi connectivity index (χ2n) is 7.99. The molecule has 4 rings (SSSR count). The van der Waals surface area contributed by atoms with Gasteiger partial charge in [0.05, 0.1) is 13.2 Å². The molecule has 34 heavy (non-hydrogen) atoms. The van der Waals surface area contributed by atoms with Gasteiger partial charge in [-0.2, -0.15) is 0 Å². The Hall–Kier alpha value is -4.04. The number of ether oxygens (including phenoxy) is 1. The maximum atomic E-state index is 13.3. The molecule has 0 aliphatic carbocycles. The molecule has 0 radical (unpaired) electrons. The first kappa shape index (κ1) is 23.1. The summed E-state index contributed by atoms with van der Waals surface area (Å²) >= 11 is 0. The minimum absolute atomic E-state index is 0.00463. The van der Waals surface area contributed by atoms with E-state index < -0.39 is 23.9 Å². The summed E-state index contributed by atoms with van der Waals surface area (Å²) in [6.07, 6.45) is 3.21. The fourth-order valence-corrected chi connectivity index (χ4v) is 3.76. The molecule has 1 fully saturated rings. The summed E-state index contributed by atoms with van der Waals surface area (Å²) in [5.74, 6) is -1.44. The molecule has 1 saturated heterocycles. The molecule has 8 nitrogen and oxygen atoms in total. The molecule has 2 heterocycles.